The Morgan fingerprint density at radius 1 is 1.11 bits per heavy atom. The van der Waals surface area contributed by atoms with Crippen LogP contribution in [-0.4, -0.2) is 84.3 Å². The maximum absolute atomic E-state index is 13.8. The maximum atomic E-state index is 13.8. The van der Waals surface area contributed by atoms with Gasteiger partial charge in [-0.2, -0.15) is 0 Å². The number of hydrogen-bond acceptors (Lipinski definition) is 7. The number of benzene rings is 1. The molecule has 45 heavy (non-hydrogen) atoms. The van der Waals surface area contributed by atoms with Gasteiger partial charge in [-0.1, -0.05) is 32.1 Å². The highest BCUT2D eigenvalue weighted by atomic mass is 16.6. The number of methoxy groups -OCH3 is 1. The second-order valence-corrected chi connectivity index (χ2v) is 17.1. The standard InChI is InChI=1S/C37H54N2O6/c1-33(2,3)45-32(41)39(36-20-25-18-34(4,23-36)22-35(5,19-25)24-36)14-16-43-15-13-38-12-11-37-10-9-27(40)17-29(37)44-31-28(42-6)8-7-26(21-38)30(31)37/h7-10,25,27,29,40H,11-24H2,1-6H3/t25?,27-,29-,34?,35?,36?,37-/m0/s1. The quantitative estimate of drug-likeness (QED) is 0.272. The van der Waals surface area contributed by atoms with Crippen molar-refractivity contribution in [3.8, 4) is 11.5 Å². The summed E-state index contributed by atoms with van der Waals surface area (Å²) >= 11 is 0. The van der Waals surface area contributed by atoms with Crippen molar-refractivity contribution in [2.24, 2.45) is 16.7 Å². The predicted octanol–water partition coefficient (Wildman–Crippen LogP) is 6.22. The van der Waals surface area contributed by atoms with Crippen LogP contribution in [0.1, 0.15) is 97.1 Å². The van der Waals surface area contributed by atoms with Crippen LogP contribution in [0.4, 0.5) is 4.79 Å². The zero-order valence-electron chi connectivity index (χ0n) is 28.3. The number of rotatable bonds is 8. The fraction of sp³-hybridized carbons (Fsp3) is 0.757. The summed E-state index contributed by atoms with van der Waals surface area (Å²) in [5.41, 5.74) is 2.18. The first-order chi connectivity index (χ1) is 21.2. The van der Waals surface area contributed by atoms with Crippen molar-refractivity contribution in [3.63, 3.8) is 0 Å². The monoisotopic (exact) mass is 622 g/mol. The third-order valence-electron chi connectivity index (χ3n) is 11.8. The highest BCUT2D eigenvalue weighted by Gasteiger charge is 2.63. The van der Waals surface area contributed by atoms with Gasteiger partial charge < -0.3 is 29.0 Å². The van der Waals surface area contributed by atoms with E-state index in [2.05, 4.69) is 35.8 Å². The molecule has 8 heteroatoms. The number of aliphatic hydroxyl groups is 1. The summed E-state index contributed by atoms with van der Waals surface area (Å²) < 4.78 is 24.5. The number of nitrogens with zero attached hydrogens (tertiary/aromatic N) is 2. The van der Waals surface area contributed by atoms with E-state index >= 15 is 0 Å². The summed E-state index contributed by atoms with van der Waals surface area (Å²) in [5.74, 6) is 2.29. The van der Waals surface area contributed by atoms with E-state index in [4.69, 9.17) is 18.9 Å². The summed E-state index contributed by atoms with van der Waals surface area (Å²) in [7, 11) is 1.69. The molecule has 5 aliphatic carbocycles. The molecule has 5 atom stereocenters. The van der Waals surface area contributed by atoms with E-state index in [0.29, 0.717) is 42.9 Å². The van der Waals surface area contributed by atoms with Crippen molar-refractivity contribution >= 4 is 6.09 Å². The molecule has 0 saturated heterocycles. The van der Waals surface area contributed by atoms with Gasteiger partial charge in [0.05, 0.1) is 31.8 Å². The molecule has 1 amide bonds. The molecule has 1 N–H and O–H groups in total. The third kappa shape index (κ3) is 5.57. The number of hydrogen-bond donors (Lipinski definition) is 1. The van der Waals surface area contributed by atoms with Gasteiger partial charge in [0.15, 0.2) is 11.5 Å². The Morgan fingerprint density at radius 3 is 2.56 bits per heavy atom. The molecule has 4 fully saturated rings. The zero-order valence-corrected chi connectivity index (χ0v) is 28.3. The second kappa shape index (κ2) is 10.9. The lowest BCUT2D eigenvalue weighted by Crippen LogP contribution is -2.67. The second-order valence-electron chi connectivity index (χ2n) is 17.1. The predicted molar refractivity (Wildman–Crippen MR) is 173 cm³/mol. The van der Waals surface area contributed by atoms with Crippen molar-refractivity contribution in [1.29, 1.82) is 0 Å². The van der Waals surface area contributed by atoms with Gasteiger partial charge >= 0.3 is 6.09 Å². The van der Waals surface area contributed by atoms with Gasteiger partial charge in [-0.25, -0.2) is 4.79 Å². The highest BCUT2D eigenvalue weighted by Crippen LogP contribution is 2.67. The van der Waals surface area contributed by atoms with Crippen molar-refractivity contribution in [2.45, 2.75) is 121 Å². The topological polar surface area (TPSA) is 80.7 Å². The molecule has 1 spiro atoms. The Bertz CT molecular complexity index is 1330. The minimum absolute atomic E-state index is 0.0910. The van der Waals surface area contributed by atoms with E-state index in [0.717, 1.165) is 56.8 Å². The molecule has 248 valence electrons. The van der Waals surface area contributed by atoms with Crippen molar-refractivity contribution in [1.82, 2.24) is 9.80 Å². The van der Waals surface area contributed by atoms with Crippen LogP contribution >= 0.6 is 0 Å². The Balaban J connectivity index is 1.02. The van der Waals surface area contributed by atoms with Crippen LogP contribution in [0.3, 0.4) is 0 Å². The van der Waals surface area contributed by atoms with Gasteiger partial charge in [0.2, 0.25) is 0 Å². The third-order valence-corrected chi connectivity index (χ3v) is 11.8. The van der Waals surface area contributed by atoms with Crippen molar-refractivity contribution < 1.29 is 28.8 Å². The molecule has 0 aromatic heterocycles. The maximum Gasteiger partial charge on any atom is 0.410 e. The first kappa shape index (κ1) is 31.3. The largest absolute Gasteiger partial charge is 0.493 e. The number of carbonyl (C=O) groups excluding carboxylic acids is 1. The van der Waals surface area contributed by atoms with E-state index in [1.54, 1.807) is 7.11 Å². The summed E-state index contributed by atoms with van der Waals surface area (Å²) in [5, 5.41) is 10.4. The van der Waals surface area contributed by atoms with Crippen LogP contribution in [0.2, 0.25) is 0 Å². The first-order valence-electron chi connectivity index (χ1n) is 17.3. The molecular formula is C37H54N2O6. The van der Waals surface area contributed by atoms with E-state index in [9.17, 15) is 9.90 Å². The fourth-order valence-corrected chi connectivity index (χ4v) is 11.2. The molecule has 4 saturated carbocycles. The van der Waals surface area contributed by atoms with Gasteiger partial charge in [0.25, 0.3) is 0 Å². The lowest BCUT2D eigenvalue weighted by atomic mass is 9.42. The molecule has 8 rings (SSSR count). The molecule has 2 heterocycles. The lowest BCUT2D eigenvalue weighted by molar-refractivity contribution is -0.159. The zero-order chi connectivity index (χ0) is 31.8. The van der Waals surface area contributed by atoms with E-state index in [1.807, 2.05) is 32.9 Å². The smallest absolute Gasteiger partial charge is 0.410 e. The van der Waals surface area contributed by atoms with E-state index in [1.165, 1.54) is 30.4 Å². The number of carbonyl (C=O) groups is 1. The normalized spacial score (nSPS) is 37.9. The average molecular weight is 623 g/mol. The van der Waals surface area contributed by atoms with Gasteiger partial charge in [-0.05, 0) is 101 Å². The van der Waals surface area contributed by atoms with E-state index in [-0.39, 0.29) is 23.2 Å². The first-order valence-corrected chi connectivity index (χ1v) is 17.3. The number of amides is 1. The molecule has 2 aliphatic heterocycles. The Morgan fingerprint density at radius 2 is 1.87 bits per heavy atom. The van der Waals surface area contributed by atoms with Gasteiger partial charge in [-0.3, -0.25) is 4.90 Å². The Kier molecular flexibility index (Phi) is 7.57. The van der Waals surface area contributed by atoms with Crippen LogP contribution in [0.15, 0.2) is 24.3 Å². The fourth-order valence-electron chi connectivity index (χ4n) is 11.2. The number of ether oxygens (including phenoxy) is 4. The minimum atomic E-state index is -0.533. The van der Waals surface area contributed by atoms with Crippen LogP contribution in [-0.2, 0) is 21.4 Å². The van der Waals surface area contributed by atoms with E-state index < -0.39 is 11.7 Å². The summed E-state index contributed by atoms with van der Waals surface area (Å²) in [4.78, 5) is 18.4. The molecule has 2 unspecified atom stereocenters. The molecule has 1 aromatic carbocycles. The molecule has 1 aromatic rings. The van der Waals surface area contributed by atoms with Crippen LogP contribution < -0.4 is 9.47 Å². The lowest BCUT2D eigenvalue weighted by Gasteiger charge is -2.67. The highest BCUT2D eigenvalue weighted by molar-refractivity contribution is 5.69. The summed E-state index contributed by atoms with van der Waals surface area (Å²) in [6.45, 7) is 15.0. The number of aliphatic hydroxyl groups excluding tert-OH is 1. The van der Waals surface area contributed by atoms with Crippen LogP contribution in [0.25, 0.3) is 0 Å². The van der Waals surface area contributed by atoms with Gasteiger partial charge in [-0.15, -0.1) is 0 Å². The van der Waals surface area contributed by atoms with Crippen LogP contribution in [0, 0.1) is 16.7 Å². The Hall–Kier alpha value is -2.29. The molecule has 4 bridgehead atoms. The molecule has 0 radical (unpaired) electrons. The average Bonchev–Trinajstić information content (AvgIpc) is 3.15. The Labute approximate surface area is 269 Å². The van der Waals surface area contributed by atoms with Crippen molar-refractivity contribution in [3.05, 3.63) is 35.4 Å². The van der Waals surface area contributed by atoms with Crippen LogP contribution in [0.5, 0.6) is 11.5 Å². The molecule has 7 aliphatic rings. The molecular weight excluding hydrogens is 568 g/mol. The van der Waals surface area contributed by atoms with Crippen molar-refractivity contribution in [2.75, 3.05) is 40.0 Å². The molecule has 8 nitrogen and oxygen atoms in total. The SMILES string of the molecule is COc1ccc2c3c1O[C@H]1C[C@@H](O)C=C[C@@]31CCN(CCOCCN(C(=O)OC(C)(C)C)C13CC4CC(C)(CC(C)(C4)C1)C3)C2. The minimum Gasteiger partial charge on any atom is -0.493 e. The summed E-state index contributed by atoms with van der Waals surface area (Å²) in [6, 6.07) is 4.18. The van der Waals surface area contributed by atoms with Gasteiger partial charge in [0, 0.05) is 37.2 Å². The summed E-state index contributed by atoms with van der Waals surface area (Å²) in [6.07, 6.45) is 12.0. The van der Waals surface area contributed by atoms with Gasteiger partial charge in [0.1, 0.15) is 11.7 Å².